The second-order valence-electron chi connectivity index (χ2n) is 20.2. The van der Waals surface area contributed by atoms with Crippen LogP contribution in [0.2, 0.25) is 0 Å². The average Bonchev–Trinajstić information content (AvgIpc) is 3.40. The number of carbonyl (C=O) groups excluding carboxylic acids is 2. The van der Waals surface area contributed by atoms with Gasteiger partial charge in [0.1, 0.15) is 6.61 Å². The molecule has 0 N–H and O–H groups in total. The number of carbonyl (C=O) groups is 2. The smallest absolute Gasteiger partial charge is 0.306 e. The first-order valence-corrected chi connectivity index (χ1v) is 31.1. The minimum absolute atomic E-state index is 0.0642. The van der Waals surface area contributed by atoms with Crippen molar-refractivity contribution in [2.45, 2.75) is 284 Å². The fraction of sp³-hybridized carbons (Fsp3) is 0.681. The fourth-order valence-corrected chi connectivity index (χ4v) is 8.41. The molecule has 0 aromatic heterocycles. The number of unbranched alkanes of at least 4 members (excludes halogenated alkanes) is 25. The highest BCUT2D eigenvalue weighted by molar-refractivity contribution is 5.70. The Labute approximate surface area is 458 Å². The number of hydrogen-bond acceptors (Lipinski definition) is 5. The molecule has 0 bridgehead atoms. The topological polar surface area (TPSA) is 61.8 Å². The highest BCUT2D eigenvalue weighted by Crippen LogP contribution is 2.15. The van der Waals surface area contributed by atoms with Crippen LogP contribution >= 0.6 is 0 Å². The maximum absolute atomic E-state index is 12.9. The summed E-state index contributed by atoms with van der Waals surface area (Å²) in [6.45, 7) is 7.56. The van der Waals surface area contributed by atoms with Gasteiger partial charge in [0.2, 0.25) is 0 Å². The van der Waals surface area contributed by atoms with E-state index in [4.69, 9.17) is 14.2 Å². The van der Waals surface area contributed by atoms with Crippen LogP contribution in [0, 0.1) is 0 Å². The van der Waals surface area contributed by atoms with E-state index in [0.717, 1.165) is 122 Å². The molecule has 1 atom stereocenters. The standard InChI is InChI=1S/C69H116O5/c1-4-7-10-13-16-19-22-25-28-31-34-37-40-43-46-49-52-55-58-61-64-72-65-67(74-69(71)63-60-57-54-51-48-45-42-39-36-33-30-27-24-21-18-15-12-9-6-3)66-73-68(70)62-59-56-53-50-47-44-41-38-35-32-29-26-23-20-17-14-11-8-5-2/h8-9,11-12,16-21,25-30,35-36,38-39,67H,4-7,10,13-15,22-24,31-34,37,40-66H2,1-3H3/b11-8-,12-9-,19-16-,20-17-,21-18-,28-25-,29-26-,30-27-,38-35-,39-36-. The van der Waals surface area contributed by atoms with E-state index < -0.39 is 6.10 Å². The molecule has 0 spiro atoms. The first kappa shape index (κ1) is 70.3. The summed E-state index contributed by atoms with van der Waals surface area (Å²) in [7, 11) is 0. The van der Waals surface area contributed by atoms with Gasteiger partial charge in [0.25, 0.3) is 0 Å². The predicted octanol–water partition coefficient (Wildman–Crippen LogP) is 21.7. The van der Waals surface area contributed by atoms with Crippen LogP contribution in [0.1, 0.15) is 278 Å². The van der Waals surface area contributed by atoms with Crippen LogP contribution in [-0.4, -0.2) is 37.9 Å². The molecular formula is C69H116O5. The molecule has 0 fully saturated rings. The van der Waals surface area contributed by atoms with Gasteiger partial charge in [-0.05, 0) is 128 Å². The molecule has 0 radical (unpaired) electrons. The van der Waals surface area contributed by atoms with E-state index in [2.05, 4.69) is 142 Å². The third-order valence-electron chi connectivity index (χ3n) is 13.0. The van der Waals surface area contributed by atoms with E-state index in [1.165, 1.54) is 122 Å². The molecule has 74 heavy (non-hydrogen) atoms. The molecule has 0 heterocycles. The molecule has 0 rings (SSSR count). The Morgan fingerprint density at radius 2 is 0.608 bits per heavy atom. The molecule has 5 nitrogen and oxygen atoms in total. The van der Waals surface area contributed by atoms with E-state index in [-0.39, 0.29) is 25.2 Å². The van der Waals surface area contributed by atoms with Crippen molar-refractivity contribution < 1.29 is 23.8 Å². The predicted molar refractivity (Wildman–Crippen MR) is 325 cm³/mol. The molecule has 0 aliphatic heterocycles. The number of esters is 2. The van der Waals surface area contributed by atoms with Gasteiger partial charge in [-0.3, -0.25) is 9.59 Å². The Kier molecular flexibility index (Phi) is 60.4. The molecule has 422 valence electrons. The summed E-state index contributed by atoms with van der Waals surface area (Å²) in [6.07, 6.45) is 89.4. The Balaban J connectivity index is 4.36. The molecule has 0 aromatic carbocycles. The molecular weight excluding hydrogens is 909 g/mol. The summed E-state index contributed by atoms with van der Waals surface area (Å²) in [5.41, 5.74) is 0. The van der Waals surface area contributed by atoms with E-state index in [0.29, 0.717) is 19.4 Å². The van der Waals surface area contributed by atoms with Crippen molar-refractivity contribution in [3.8, 4) is 0 Å². The van der Waals surface area contributed by atoms with Gasteiger partial charge in [-0.2, -0.15) is 0 Å². The first-order chi connectivity index (χ1) is 36.6. The van der Waals surface area contributed by atoms with Gasteiger partial charge in [0.15, 0.2) is 6.10 Å². The van der Waals surface area contributed by atoms with Crippen molar-refractivity contribution in [1.82, 2.24) is 0 Å². The summed E-state index contributed by atoms with van der Waals surface area (Å²) in [6, 6.07) is 0. The molecule has 0 amide bonds. The number of ether oxygens (including phenoxy) is 3. The summed E-state index contributed by atoms with van der Waals surface area (Å²) in [5.74, 6) is -0.430. The second-order valence-corrected chi connectivity index (χ2v) is 20.2. The van der Waals surface area contributed by atoms with Crippen LogP contribution in [-0.2, 0) is 23.8 Å². The third kappa shape index (κ3) is 60.9. The molecule has 0 aliphatic rings. The lowest BCUT2D eigenvalue weighted by Crippen LogP contribution is -2.30. The minimum Gasteiger partial charge on any atom is -0.462 e. The Morgan fingerprint density at radius 1 is 0.311 bits per heavy atom. The Bertz CT molecular complexity index is 1490. The number of rotatable bonds is 56. The zero-order valence-electron chi connectivity index (χ0n) is 48.6. The molecule has 0 aromatic rings. The monoisotopic (exact) mass is 1020 g/mol. The van der Waals surface area contributed by atoms with Crippen LogP contribution in [0.3, 0.4) is 0 Å². The van der Waals surface area contributed by atoms with Gasteiger partial charge in [0, 0.05) is 19.4 Å². The maximum Gasteiger partial charge on any atom is 0.306 e. The van der Waals surface area contributed by atoms with Crippen LogP contribution < -0.4 is 0 Å². The SMILES string of the molecule is CC/C=C\C/C=C\C/C=C\C/C=C\CCCCCCCCC(=O)OCC(COCCCCCCCCCCCC/C=C\C/C=C\CCCCC)OC(=O)CCCCCCCC/C=C\C/C=C\C/C=C\C/C=C\CC. The van der Waals surface area contributed by atoms with Crippen LogP contribution in [0.15, 0.2) is 122 Å². The van der Waals surface area contributed by atoms with Gasteiger partial charge in [-0.1, -0.05) is 258 Å². The van der Waals surface area contributed by atoms with E-state index >= 15 is 0 Å². The normalized spacial score (nSPS) is 13.1. The summed E-state index contributed by atoms with van der Waals surface area (Å²) in [4.78, 5) is 25.6. The summed E-state index contributed by atoms with van der Waals surface area (Å²) in [5, 5.41) is 0. The van der Waals surface area contributed by atoms with E-state index in [1.54, 1.807) is 0 Å². The van der Waals surface area contributed by atoms with Gasteiger partial charge in [-0.15, -0.1) is 0 Å². The lowest BCUT2D eigenvalue weighted by molar-refractivity contribution is -0.163. The highest BCUT2D eigenvalue weighted by Gasteiger charge is 2.17. The molecule has 0 saturated heterocycles. The average molecular weight is 1030 g/mol. The second kappa shape index (κ2) is 63.6. The number of allylic oxidation sites excluding steroid dienone is 20. The maximum atomic E-state index is 12.9. The molecule has 0 aliphatic carbocycles. The first-order valence-electron chi connectivity index (χ1n) is 31.1. The van der Waals surface area contributed by atoms with Crippen LogP contribution in [0.4, 0.5) is 0 Å². The highest BCUT2D eigenvalue weighted by atomic mass is 16.6. The molecule has 0 saturated carbocycles. The molecule has 5 heteroatoms. The zero-order valence-corrected chi connectivity index (χ0v) is 48.6. The largest absolute Gasteiger partial charge is 0.462 e. The lowest BCUT2D eigenvalue weighted by atomic mass is 10.1. The minimum atomic E-state index is -0.562. The lowest BCUT2D eigenvalue weighted by Gasteiger charge is -2.18. The van der Waals surface area contributed by atoms with Crippen molar-refractivity contribution >= 4 is 11.9 Å². The van der Waals surface area contributed by atoms with Gasteiger partial charge in [-0.25, -0.2) is 0 Å². The van der Waals surface area contributed by atoms with E-state index in [9.17, 15) is 9.59 Å². The number of hydrogen-bond donors (Lipinski definition) is 0. The summed E-state index contributed by atoms with van der Waals surface area (Å²) >= 11 is 0. The van der Waals surface area contributed by atoms with Crippen molar-refractivity contribution in [1.29, 1.82) is 0 Å². The van der Waals surface area contributed by atoms with Gasteiger partial charge < -0.3 is 14.2 Å². The fourth-order valence-electron chi connectivity index (χ4n) is 8.41. The van der Waals surface area contributed by atoms with Crippen LogP contribution in [0.25, 0.3) is 0 Å². The van der Waals surface area contributed by atoms with Crippen molar-refractivity contribution in [2.24, 2.45) is 0 Å². The van der Waals surface area contributed by atoms with Crippen molar-refractivity contribution in [3.05, 3.63) is 122 Å². The Morgan fingerprint density at radius 3 is 0.973 bits per heavy atom. The van der Waals surface area contributed by atoms with Gasteiger partial charge >= 0.3 is 11.9 Å². The van der Waals surface area contributed by atoms with Crippen molar-refractivity contribution in [3.63, 3.8) is 0 Å². The third-order valence-corrected chi connectivity index (χ3v) is 13.0. The van der Waals surface area contributed by atoms with Gasteiger partial charge in [0.05, 0.1) is 6.61 Å². The zero-order chi connectivity index (χ0) is 53.4. The Hall–Kier alpha value is -3.70. The summed E-state index contributed by atoms with van der Waals surface area (Å²) < 4.78 is 17.5. The quantitative estimate of drug-likeness (QED) is 0.0345. The van der Waals surface area contributed by atoms with Crippen molar-refractivity contribution in [2.75, 3.05) is 19.8 Å². The van der Waals surface area contributed by atoms with Crippen LogP contribution in [0.5, 0.6) is 0 Å². The molecule has 1 unspecified atom stereocenters. The van der Waals surface area contributed by atoms with E-state index in [1.807, 2.05) is 0 Å².